The first kappa shape index (κ1) is 21.5. The number of rotatable bonds is 6. The van der Waals surface area contributed by atoms with Crippen molar-refractivity contribution in [2.45, 2.75) is 58.0 Å². The van der Waals surface area contributed by atoms with Crippen LogP contribution in [0.1, 0.15) is 49.3 Å². The van der Waals surface area contributed by atoms with Gasteiger partial charge in [0.1, 0.15) is 11.6 Å². The zero-order valence-corrected chi connectivity index (χ0v) is 19.1. The van der Waals surface area contributed by atoms with E-state index < -0.39 is 0 Å². The Labute approximate surface area is 193 Å². The number of amides is 1. The maximum Gasteiger partial charge on any atom is 0.231 e. The third-order valence-corrected chi connectivity index (χ3v) is 7.11. The van der Waals surface area contributed by atoms with Crippen molar-refractivity contribution in [3.63, 3.8) is 0 Å². The Bertz CT molecular complexity index is 973. The summed E-state index contributed by atoms with van der Waals surface area (Å²) in [6.45, 7) is 4.22. The van der Waals surface area contributed by atoms with Gasteiger partial charge in [0.05, 0.1) is 0 Å². The third-order valence-electron chi connectivity index (χ3n) is 6.75. The van der Waals surface area contributed by atoms with Crippen LogP contribution >= 0.6 is 11.6 Å². The summed E-state index contributed by atoms with van der Waals surface area (Å²) in [6, 6.07) is 3.82. The highest BCUT2D eigenvalue weighted by atomic mass is 35.5. The lowest BCUT2D eigenvalue weighted by molar-refractivity contribution is -0.125. The van der Waals surface area contributed by atoms with Crippen LogP contribution in [-0.2, 0) is 30.7 Å². The van der Waals surface area contributed by atoms with E-state index in [0.29, 0.717) is 23.7 Å². The highest BCUT2D eigenvalue weighted by Gasteiger charge is 2.23. The molecule has 5 rings (SSSR count). The van der Waals surface area contributed by atoms with Crippen LogP contribution in [0.4, 0.5) is 0 Å². The minimum atomic E-state index is 0.191. The van der Waals surface area contributed by atoms with Crippen molar-refractivity contribution in [1.29, 1.82) is 0 Å². The molecule has 0 spiro atoms. The predicted octanol–water partition coefficient (Wildman–Crippen LogP) is 2.96. The first-order valence-electron chi connectivity index (χ1n) is 11.7. The molecule has 0 bridgehead atoms. The smallest absolute Gasteiger partial charge is 0.231 e. The van der Waals surface area contributed by atoms with Crippen molar-refractivity contribution < 1.29 is 14.3 Å². The molecule has 172 valence electrons. The number of benzene rings is 1. The van der Waals surface area contributed by atoms with Gasteiger partial charge in [-0.25, -0.2) is 0 Å². The molecular weight excluding hydrogens is 430 g/mol. The van der Waals surface area contributed by atoms with Crippen LogP contribution in [0.15, 0.2) is 12.1 Å². The number of nitrogens with one attached hydrogen (secondary N) is 1. The van der Waals surface area contributed by atoms with Gasteiger partial charge in [0, 0.05) is 62.6 Å². The van der Waals surface area contributed by atoms with E-state index in [1.165, 1.54) is 19.3 Å². The second kappa shape index (κ2) is 9.67. The Morgan fingerprint density at radius 3 is 2.75 bits per heavy atom. The van der Waals surface area contributed by atoms with Gasteiger partial charge in [-0.05, 0) is 24.5 Å². The van der Waals surface area contributed by atoms with Crippen molar-refractivity contribution in [2.75, 3.05) is 26.4 Å². The average Bonchev–Trinajstić information content (AvgIpc) is 3.36. The molecule has 0 saturated heterocycles. The SMILES string of the molecule is O=C(NCCc1nnc2n1CCN(Cc1cc3c(cc1Cl)OCO3)CC2)C1CCCCC1. The highest BCUT2D eigenvalue weighted by molar-refractivity contribution is 6.31. The van der Waals surface area contributed by atoms with Crippen molar-refractivity contribution in [3.8, 4) is 11.5 Å². The lowest BCUT2D eigenvalue weighted by Gasteiger charge is -2.21. The fraction of sp³-hybridized carbons (Fsp3) is 0.609. The van der Waals surface area contributed by atoms with Gasteiger partial charge in [-0.1, -0.05) is 30.9 Å². The first-order valence-corrected chi connectivity index (χ1v) is 12.0. The molecule has 0 atom stereocenters. The Balaban J connectivity index is 1.15. The first-order chi connectivity index (χ1) is 15.7. The topological polar surface area (TPSA) is 81.5 Å². The van der Waals surface area contributed by atoms with Gasteiger partial charge in [0.15, 0.2) is 11.5 Å². The molecule has 1 aromatic heterocycles. The molecule has 32 heavy (non-hydrogen) atoms. The van der Waals surface area contributed by atoms with Gasteiger partial charge in [-0.15, -0.1) is 10.2 Å². The lowest BCUT2D eigenvalue weighted by atomic mass is 9.89. The van der Waals surface area contributed by atoms with Crippen LogP contribution in [0.2, 0.25) is 5.02 Å². The Hall–Kier alpha value is -2.32. The summed E-state index contributed by atoms with van der Waals surface area (Å²) in [4.78, 5) is 14.8. The van der Waals surface area contributed by atoms with Gasteiger partial charge in [-0.2, -0.15) is 0 Å². The summed E-state index contributed by atoms with van der Waals surface area (Å²) >= 11 is 6.48. The molecule has 8 nitrogen and oxygen atoms in total. The second-order valence-electron chi connectivity index (χ2n) is 8.88. The summed E-state index contributed by atoms with van der Waals surface area (Å²) in [6.07, 6.45) is 7.19. The molecule has 9 heteroatoms. The summed E-state index contributed by atoms with van der Waals surface area (Å²) in [5.74, 6) is 3.82. The van der Waals surface area contributed by atoms with E-state index in [9.17, 15) is 4.79 Å². The van der Waals surface area contributed by atoms with E-state index in [1.54, 1.807) is 0 Å². The van der Waals surface area contributed by atoms with E-state index in [-0.39, 0.29) is 18.6 Å². The molecule has 0 unspecified atom stereocenters. The van der Waals surface area contributed by atoms with Crippen LogP contribution in [0.5, 0.6) is 11.5 Å². The molecule has 2 aliphatic heterocycles. The molecular formula is C23H30ClN5O3. The van der Waals surface area contributed by atoms with E-state index >= 15 is 0 Å². The average molecular weight is 460 g/mol. The zero-order chi connectivity index (χ0) is 21.9. The Morgan fingerprint density at radius 2 is 1.91 bits per heavy atom. The van der Waals surface area contributed by atoms with E-state index in [1.807, 2.05) is 12.1 Å². The summed E-state index contributed by atoms with van der Waals surface area (Å²) in [5, 5.41) is 12.6. The van der Waals surface area contributed by atoms with E-state index in [2.05, 4.69) is 25.0 Å². The molecule has 1 fully saturated rings. The third kappa shape index (κ3) is 4.71. The van der Waals surface area contributed by atoms with Gasteiger partial charge < -0.3 is 19.4 Å². The molecule has 3 heterocycles. The number of carbonyl (C=O) groups is 1. The minimum absolute atomic E-state index is 0.191. The molecule has 2 aromatic rings. The number of hydrogen-bond donors (Lipinski definition) is 1. The molecule has 1 aromatic carbocycles. The molecule has 1 saturated carbocycles. The predicted molar refractivity (Wildman–Crippen MR) is 120 cm³/mol. The largest absolute Gasteiger partial charge is 0.454 e. The van der Waals surface area contributed by atoms with E-state index in [4.69, 9.17) is 21.1 Å². The monoisotopic (exact) mass is 459 g/mol. The molecule has 0 radical (unpaired) electrons. The number of hydrogen-bond acceptors (Lipinski definition) is 6. The Morgan fingerprint density at radius 1 is 1.09 bits per heavy atom. The summed E-state index contributed by atoms with van der Waals surface area (Å²) in [5.41, 5.74) is 1.04. The lowest BCUT2D eigenvalue weighted by Crippen LogP contribution is -2.33. The maximum atomic E-state index is 12.4. The van der Waals surface area contributed by atoms with Crippen LogP contribution < -0.4 is 14.8 Å². The number of ether oxygens (including phenoxy) is 2. The van der Waals surface area contributed by atoms with Gasteiger partial charge in [0.25, 0.3) is 0 Å². The Kier molecular flexibility index (Phi) is 6.50. The minimum Gasteiger partial charge on any atom is -0.454 e. The van der Waals surface area contributed by atoms with Crippen molar-refractivity contribution in [3.05, 3.63) is 34.4 Å². The normalized spacial score (nSPS) is 18.9. The number of halogens is 1. The fourth-order valence-corrected chi connectivity index (χ4v) is 5.11. The quantitative estimate of drug-likeness (QED) is 0.715. The van der Waals surface area contributed by atoms with Crippen LogP contribution in [0, 0.1) is 5.92 Å². The van der Waals surface area contributed by atoms with Crippen molar-refractivity contribution in [1.82, 2.24) is 25.0 Å². The molecule has 1 aliphatic carbocycles. The highest BCUT2D eigenvalue weighted by Crippen LogP contribution is 2.37. The van der Waals surface area contributed by atoms with Gasteiger partial charge in [-0.3, -0.25) is 9.69 Å². The fourth-order valence-electron chi connectivity index (χ4n) is 4.90. The molecule has 1 amide bonds. The van der Waals surface area contributed by atoms with Crippen molar-refractivity contribution >= 4 is 17.5 Å². The number of fused-ring (bicyclic) bond motifs is 2. The zero-order valence-electron chi connectivity index (χ0n) is 18.3. The molecule has 1 N–H and O–H groups in total. The van der Waals surface area contributed by atoms with Crippen LogP contribution in [0.25, 0.3) is 0 Å². The number of nitrogens with zero attached hydrogens (tertiary/aromatic N) is 4. The van der Waals surface area contributed by atoms with Crippen molar-refractivity contribution in [2.24, 2.45) is 5.92 Å². The molecule has 3 aliphatic rings. The van der Waals surface area contributed by atoms with Gasteiger partial charge in [0.2, 0.25) is 12.7 Å². The number of aromatic nitrogens is 3. The summed E-state index contributed by atoms with van der Waals surface area (Å²) < 4.78 is 13.1. The maximum absolute atomic E-state index is 12.4. The van der Waals surface area contributed by atoms with Crippen LogP contribution in [0.3, 0.4) is 0 Å². The summed E-state index contributed by atoms with van der Waals surface area (Å²) in [7, 11) is 0. The van der Waals surface area contributed by atoms with Gasteiger partial charge >= 0.3 is 0 Å². The van der Waals surface area contributed by atoms with E-state index in [0.717, 1.165) is 68.4 Å². The standard InChI is InChI=1S/C23H30ClN5O3/c24-18-13-20-19(31-15-32-20)12-17(18)14-28-9-7-22-27-26-21(29(22)11-10-28)6-8-25-23(30)16-4-2-1-3-5-16/h12-13,16H,1-11,14-15H2,(H,25,30). The number of carbonyl (C=O) groups excluding carboxylic acids is 1. The second-order valence-corrected chi connectivity index (χ2v) is 9.29. The van der Waals surface area contributed by atoms with Crippen LogP contribution in [-0.4, -0.2) is 52.0 Å².